The highest BCUT2D eigenvalue weighted by molar-refractivity contribution is 6.03. The molecule has 1 N–H and O–H groups in total. The summed E-state index contributed by atoms with van der Waals surface area (Å²) in [7, 11) is 0. The first kappa shape index (κ1) is 35.7. The Morgan fingerprint density at radius 2 is 1.78 bits per heavy atom. The summed E-state index contributed by atoms with van der Waals surface area (Å²) < 4.78 is 12.7. The molecule has 0 aromatic heterocycles. The topological polar surface area (TPSA) is 99.6 Å². The number of carbonyl (C=O) groups is 3. The number of aliphatic hydroxyl groups excluding tert-OH is 1. The van der Waals surface area contributed by atoms with Crippen LogP contribution in [0.25, 0.3) is 0 Å². The van der Waals surface area contributed by atoms with Gasteiger partial charge in [-0.1, -0.05) is 52.7 Å². The summed E-state index contributed by atoms with van der Waals surface area (Å²) in [5.41, 5.74) is -1.38. The molecule has 3 aliphatic rings. The van der Waals surface area contributed by atoms with Crippen LogP contribution in [0.4, 0.5) is 5.69 Å². The van der Waals surface area contributed by atoms with E-state index in [9.17, 15) is 19.5 Å². The molecule has 9 heteroatoms. The predicted octanol–water partition coefficient (Wildman–Crippen LogP) is 5.37. The van der Waals surface area contributed by atoms with Crippen LogP contribution in [-0.4, -0.2) is 88.8 Å². The highest BCUT2D eigenvalue weighted by Gasteiger charge is 2.79. The van der Waals surface area contributed by atoms with Gasteiger partial charge in [0.25, 0.3) is 0 Å². The van der Waals surface area contributed by atoms with E-state index in [0.717, 1.165) is 19.3 Å². The third-order valence-corrected chi connectivity index (χ3v) is 10.2. The van der Waals surface area contributed by atoms with Gasteiger partial charge in [0, 0.05) is 25.3 Å². The number of carbonyl (C=O) groups excluding carboxylic acids is 3. The summed E-state index contributed by atoms with van der Waals surface area (Å²) in [5, 5.41) is 10.7. The van der Waals surface area contributed by atoms with Crippen molar-refractivity contribution in [3.05, 3.63) is 49.6 Å². The van der Waals surface area contributed by atoms with Gasteiger partial charge in [-0.2, -0.15) is 0 Å². The Kier molecular flexibility index (Phi) is 11.8. The van der Waals surface area contributed by atoms with Crippen molar-refractivity contribution in [2.24, 2.45) is 17.8 Å². The standard InChI is InChI=1S/C37H55N3O6/c1-8-13-14-23-38(21-9-2)35(44)32-37-20-19-36(11-4,46-37)30(31(37)34(43)40(32)28(25-41)24-26(6)7)33(42)39(22-10-3)27-15-17-29(18-16-27)45-12-5/h9-10,15-18,26,28,30-32,41H,2-3,8,11-14,19-25H2,1,4-7H3/t28-,30+,31+,32?,36-,37?/m1/s1. The van der Waals surface area contributed by atoms with E-state index in [1.807, 2.05) is 52.0 Å². The van der Waals surface area contributed by atoms with E-state index in [4.69, 9.17) is 9.47 Å². The molecule has 0 saturated carbocycles. The van der Waals surface area contributed by atoms with Crippen LogP contribution in [0.2, 0.25) is 0 Å². The molecule has 1 aromatic rings. The Hall–Kier alpha value is -3.17. The Bertz CT molecular complexity index is 1250. The number of hydrogen-bond donors (Lipinski definition) is 1. The van der Waals surface area contributed by atoms with Gasteiger partial charge in [-0.05, 0) is 69.2 Å². The van der Waals surface area contributed by atoms with Crippen molar-refractivity contribution < 1.29 is 29.0 Å². The van der Waals surface area contributed by atoms with Crippen LogP contribution < -0.4 is 9.64 Å². The lowest BCUT2D eigenvalue weighted by atomic mass is 9.64. The predicted molar refractivity (Wildman–Crippen MR) is 180 cm³/mol. The molecular weight excluding hydrogens is 582 g/mol. The van der Waals surface area contributed by atoms with Gasteiger partial charge in [0.1, 0.15) is 17.4 Å². The fourth-order valence-corrected chi connectivity index (χ4v) is 8.21. The fraction of sp³-hybridized carbons (Fsp3) is 0.649. The highest BCUT2D eigenvalue weighted by Crippen LogP contribution is 2.65. The number of hydrogen-bond acceptors (Lipinski definition) is 6. The molecule has 3 aliphatic heterocycles. The van der Waals surface area contributed by atoms with E-state index in [1.54, 1.807) is 26.9 Å². The molecule has 3 heterocycles. The second kappa shape index (κ2) is 15.2. The smallest absolute Gasteiger partial charge is 0.248 e. The van der Waals surface area contributed by atoms with Crippen molar-refractivity contribution in [2.75, 3.05) is 37.7 Å². The minimum atomic E-state index is -1.17. The van der Waals surface area contributed by atoms with E-state index in [0.29, 0.717) is 56.8 Å². The van der Waals surface area contributed by atoms with Crippen LogP contribution in [0.15, 0.2) is 49.6 Å². The average Bonchev–Trinajstić information content (AvgIpc) is 3.65. The number of ether oxygens (including phenoxy) is 2. The van der Waals surface area contributed by atoms with E-state index in [1.165, 1.54) is 0 Å². The van der Waals surface area contributed by atoms with Gasteiger partial charge in [0.15, 0.2) is 0 Å². The first-order valence-corrected chi connectivity index (χ1v) is 17.3. The summed E-state index contributed by atoms with van der Waals surface area (Å²) in [6.45, 7) is 19.3. The highest BCUT2D eigenvalue weighted by atomic mass is 16.5. The lowest BCUT2D eigenvalue weighted by Gasteiger charge is -2.40. The normalized spacial score (nSPS) is 27.1. The van der Waals surface area contributed by atoms with Crippen molar-refractivity contribution in [3.63, 3.8) is 0 Å². The van der Waals surface area contributed by atoms with Gasteiger partial charge in [-0.25, -0.2) is 0 Å². The SMILES string of the molecule is C=CCN(CCCCC)C(=O)C1N([C@@H](CO)CC(C)C)C(=O)[C@@H]2[C@@H](C(=O)N(CC=C)c3ccc(OCC)cc3)[C@@]3(CC)CCC12O3. The Labute approximate surface area is 275 Å². The molecule has 3 amide bonds. The van der Waals surface area contributed by atoms with Gasteiger partial charge in [-0.15, -0.1) is 13.2 Å². The number of nitrogens with zero attached hydrogens (tertiary/aromatic N) is 3. The molecule has 2 unspecified atom stereocenters. The van der Waals surface area contributed by atoms with E-state index < -0.39 is 35.1 Å². The molecule has 4 rings (SSSR count). The molecular formula is C37H55N3O6. The van der Waals surface area contributed by atoms with Crippen LogP contribution in [0.1, 0.15) is 79.6 Å². The molecule has 3 saturated heterocycles. The maximum Gasteiger partial charge on any atom is 0.248 e. The van der Waals surface area contributed by atoms with Crippen LogP contribution >= 0.6 is 0 Å². The Morgan fingerprint density at radius 3 is 2.35 bits per heavy atom. The first-order chi connectivity index (χ1) is 22.1. The summed E-state index contributed by atoms with van der Waals surface area (Å²) in [5.74, 6) is -1.44. The Morgan fingerprint density at radius 1 is 1.09 bits per heavy atom. The molecule has 1 spiro atoms. The van der Waals surface area contributed by atoms with Crippen molar-refractivity contribution in [2.45, 2.75) is 103 Å². The zero-order chi connectivity index (χ0) is 33.6. The summed E-state index contributed by atoms with van der Waals surface area (Å²) in [6.07, 6.45) is 8.34. The fourth-order valence-electron chi connectivity index (χ4n) is 8.21. The zero-order valence-electron chi connectivity index (χ0n) is 28.6. The van der Waals surface area contributed by atoms with Crippen molar-refractivity contribution in [1.82, 2.24) is 9.80 Å². The van der Waals surface area contributed by atoms with Crippen molar-refractivity contribution in [1.29, 1.82) is 0 Å². The van der Waals surface area contributed by atoms with Gasteiger partial charge in [0.05, 0.1) is 36.7 Å². The first-order valence-electron chi connectivity index (χ1n) is 17.3. The minimum Gasteiger partial charge on any atom is -0.494 e. The molecule has 0 radical (unpaired) electrons. The third kappa shape index (κ3) is 6.37. The average molecular weight is 638 g/mol. The van der Waals surface area contributed by atoms with Crippen LogP contribution in [0.3, 0.4) is 0 Å². The van der Waals surface area contributed by atoms with Gasteiger partial charge >= 0.3 is 0 Å². The number of amides is 3. The minimum absolute atomic E-state index is 0.173. The molecule has 2 bridgehead atoms. The summed E-state index contributed by atoms with van der Waals surface area (Å²) in [4.78, 5) is 49.5. The maximum atomic E-state index is 14.9. The van der Waals surface area contributed by atoms with E-state index >= 15 is 0 Å². The Balaban J connectivity index is 1.82. The van der Waals surface area contributed by atoms with E-state index in [-0.39, 0.29) is 36.8 Å². The quantitative estimate of drug-likeness (QED) is 0.172. The van der Waals surface area contributed by atoms with Crippen LogP contribution in [0.5, 0.6) is 5.75 Å². The second-order valence-corrected chi connectivity index (χ2v) is 13.5. The molecule has 9 nitrogen and oxygen atoms in total. The van der Waals surface area contributed by atoms with Crippen LogP contribution in [-0.2, 0) is 19.1 Å². The third-order valence-electron chi connectivity index (χ3n) is 10.2. The number of anilines is 1. The van der Waals surface area contributed by atoms with Crippen molar-refractivity contribution >= 4 is 23.4 Å². The van der Waals surface area contributed by atoms with Gasteiger partial charge in [0.2, 0.25) is 17.7 Å². The van der Waals surface area contributed by atoms with Crippen LogP contribution in [0, 0.1) is 17.8 Å². The van der Waals surface area contributed by atoms with E-state index in [2.05, 4.69) is 20.1 Å². The number of rotatable bonds is 18. The maximum absolute atomic E-state index is 14.9. The lowest BCUT2D eigenvalue weighted by molar-refractivity contribution is -0.156. The number of aliphatic hydroxyl groups is 1. The molecule has 1 aromatic carbocycles. The van der Waals surface area contributed by atoms with Crippen molar-refractivity contribution in [3.8, 4) is 5.75 Å². The second-order valence-electron chi connectivity index (χ2n) is 13.5. The molecule has 46 heavy (non-hydrogen) atoms. The monoisotopic (exact) mass is 637 g/mol. The lowest BCUT2D eigenvalue weighted by Crippen LogP contribution is -2.59. The zero-order valence-corrected chi connectivity index (χ0v) is 28.6. The number of benzene rings is 1. The van der Waals surface area contributed by atoms with Gasteiger partial charge in [-0.3, -0.25) is 14.4 Å². The molecule has 0 aliphatic carbocycles. The number of fused-ring (bicyclic) bond motifs is 1. The van der Waals surface area contributed by atoms with Gasteiger partial charge < -0.3 is 29.3 Å². The molecule has 3 fully saturated rings. The molecule has 254 valence electrons. The molecule has 6 atom stereocenters. The number of likely N-dealkylation sites (tertiary alicyclic amines) is 1. The largest absolute Gasteiger partial charge is 0.494 e. The number of unbranched alkanes of at least 4 members (excludes halogenated alkanes) is 2. The summed E-state index contributed by atoms with van der Waals surface area (Å²) >= 11 is 0. The summed E-state index contributed by atoms with van der Waals surface area (Å²) in [6, 6.07) is 5.84.